The van der Waals surface area contributed by atoms with Gasteiger partial charge in [-0.1, -0.05) is 35.4 Å². The lowest BCUT2D eigenvalue weighted by molar-refractivity contribution is 0.0379. The summed E-state index contributed by atoms with van der Waals surface area (Å²) in [6.07, 6.45) is -0.185. The van der Waals surface area contributed by atoms with Crippen LogP contribution in [0, 0.1) is 20.8 Å². The van der Waals surface area contributed by atoms with Crippen LogP contribution in [0.15, 0.2) is 36.4 Å². The Labute approximate surface area is 159 Å². The number of hydrogen-bond acceptors (Lipinski definition) is 3. The Morgan fingerprint density at radius 1 is 1.08 bits per heavy atom. The Morgan fingerprint density at radius 2 is 1.73 bits per heavy atom. The number of aryl methyl sites for hydroxylation is 2. The lowest BCUT2D eigenvalue weighted by Gasteiger charge is -2.17. The highest BCUT2D eigenvalue weighted by Gasteiger charge is 2.22. The molecular weight excluding hydrogens is 346 g/mol. The third kappa shape index (κ3) is 3.45. The minimum absolute atomic E-state index is 0.185. The Bertz CT molecular complexity index is 991. The van der Waals surface area contributed by atoms with Crippen molar-refractivity contribution >= 4 is 28.5 Å². The monoisotopic (exact) mass is 367 g/mol. The van der Waals surface area contributed by atoms with Crippen molar-refractivity contribution in [3.8, 4) is 11.3 Å². The molecular formula is C22H22ClNO2. The first-order valence-electron chi connectivity index (χ1n) is 8.66. The molecule has 0 atom stereocenters. The van der Waals surface area contributed by atoms with E-state index in [1.54, 1.807) is 0 Å². The van der Waals surface area contributed by atoms with E-state index in [-0.39, 0.29) is 12.1 Å². The molecule has 3 nitrogen and oxygen atoms in total. The number of esters is 1. The van der Waals surface area contributed by atoms with Crippen molar-refractivity contribution in [1.82, 2.24) is 4.98 Å². The molecule has 26 heavy (non-hydrogen) atoms. The molecule has 0 bridgehead atoms. The predicted octanol–water partition coefficient (Wildman–Crippen LogP) is 6.05. The Kier molecular flexibility index (Phi) is 5.01. The number of hydrogen-bond donors (Lipinski definition) is 0. The smallest absolute Gasteiger partial charge is 0.339 e. The minimum atomic E-state index is -0.315. The van der Waals surface area contributed by atoms with Crippen LogP contribution in [-0.2, 0) is 4.74 Å². The maximum Gasteiger partial charge on any atom is 0.339 e. The van der Waals surface area contributed by atoms with E-state index in [1.807, 2.05) is 65.0 Å². The van der Waals surface area contributed by atoms with E-state index >= 15 is 0 Å². The zero-order valence-corrected chi connectivity index (χ0v) is 16.4. The van der Waals surface area contributed by atoms with Crippen LogP contribution in [0.4, 0.5) is 0 Å². The largest absolute Gasteiger partial charge is 0.459 e. The molecule has 0 aliphatic heterocycles. The molecule has 0 amide bonds. The highest BCUT2D eigenvalue weighted by atomic mass is 35.5. The molecule has 0 radical (unpaired) electrons. The number of rotatable bonds is 3. The first kappa shape index (κ1) is 18.4. The van der Waals surface area contributed by atoms with Gasteiger partial charge in [0.1, 0.15) is 0 Å². The van der Waals surface area contributed by atoms with E-state index in [1.165, 1.54) is 0 Å². The summed E-state index contributed by atoms with van der Waals surface area (Å²) in [5.41, 5.74) is 6.05. The number of carbonyl (C=O) groups excluding carboxylic acids is 1. The highest BCUT2D eigenvalue weighted by Crippen LogP contribution is 2.33. The van der Waals surface area contributed by atoms with Crippen molar-refractivity contribution in [2.45, 2.75) is 40.7 Å². The van der Waals surface area contributed by atoms with Gasteiger partial charge in [0.2, 0.25) is 0 Å². The molecule has 4 heteroatoms. The molecule has 2 aromatic carbocycles. The van der Waals surface area contributed by atoms with Crippen molar-refractivity contribution in [1.29, 1.82) is 0 Å². The van der Waals surface area contributed by atoms with Gasteiger partial charge in [-0.25, -0.2) is 9.78 Å². The number of benzene rings is 2. The number of ether oxygens (including phenoxy) is 1. The molecule has 0 aliphatic carbocycles. The third-order valence-corrected chi connectivity index (χ3v) is 4.58. The molecule has 3 aromatic rings. The van der Waals surface area contributed by atoms with Gasteiger partial charge >= 0.3 is 5.97 Å². The van der Waals surface area contributed by atoms with Crippen molar-refractivity contribution in [2.24, 2.45) is 0 Å². The summed E-state index contributed by atoms with van der Waals surface area (Å²) < 4.78 is 5.53. The van der Waals surface area contributed by atoms with Crippen LogP contribution in [-0.4, -0.2) is 17.1 Å². The third-order valence-electron chi connectivity index (χ3n) is 4.33. The summed E-state index contributed by atoms with van der Waals surface area (Å²) in [6, 6.07) is 11.6. The molecule has 134 valence electrons. The van der Waals surface area contributed by atoms with E-state index in [0.717, 1.165) is 38.9 Å². The second-order valence-corrected chi connectivity index (χ2v) is 7.34. The zero-order chi connectivity index (χ0) is 19.0. The first-order valence-corrected chi connectivity index (χ1v) is 9.04. The Hall–Kier alpha value is -2.39. The summed E-state index contributed by atoms with van der Waals surface area (Å²) in [5.74, 6) is -0.315. The van der Waals surface area contributed by atoms with Crippen molar-refractivity contribution in [2.75, 3.05) is 0 Å². The van der Waals surface area contributed by atoms with Crippen LogP contribution in [0.3, 0.4) is 0 Å². The number of carbonyl (C=O) groups is 1. The molecule has 0 saturated heterocycles. The molecule has 0 spiro atoms. The van der Waals surface area contributed by atoms with Crippen molar-refractivity contribution in [3.63, 3.8) is 0 Å². The van der Waals surface area contributed by atoms with Gasteiger partial charge in [-0.15, -0.1) is 0 Å². The fourth-order valence-corrected chi connectivity index (χ4v) is 3.37. The molecule has 1 aromatic heterocycles. The molecule has 3 rings (SSSR count). The van der Waals surface area contributed by atoms with Gasteiger partial charge < -0.3 is 4.74 Å². The number of fused-ring (bicyclic) bond motifs is 1. The van der Waals surface area contributed by atoms with E-state index in [2.05, 4.69) is 6.07 Å². The standard InChI is InChI=1S/C22H22ClNO2/c1-12(2)26-22(25)19-15(5)21(16-6-8-17(23)9-7-16)24-20-14(4)10-13(3)11-18(19)20/h6-12H,1-5H3. The number of halogens is 1. The van der Waals surface area contributed by atoms with Crippen LogP contribution in [0.5, 0.6) is 0 Å². The van der Waals surface area contributed by atoms with Crippen LogP contribution in [0.2, 0.25) is 5.02 Å². The molecule has 0 N–H and O–H groups in total. The Balaban J connectivity index is 2.35. The first-order chi connectivity index (χ1) is 12.3. The summed E-state index contributed by atoms with van der Waals surface area (Å²) in [4.78, 5) is 17.8. The average molecular weight is 368 g/mol. The van der Waals surface area contributed by atoms with Crippen LogP contribution in [0.25, 0.3) is 22.2 Å². The van der Waals surface area contributed by atoms with Gasteiger partial charge in [0.25, 0.3) is 0 Å². The number of aromatic nitrogens is 1. The second kappa shape index (κ2) is 7.08. The van der Waals surface area contributed by atoms with E-state index in [4.69, 9.17) is 21.3 Å². The van der Waals surface area contributed by atoms with Gasteiger partial charge in [0, 0.05) is 16.0 Å². The lowest BCUT2D eigenvalue weighted by Crippen LogP contribution is -2.14. The summed E-state index contributed by atoms with van der Waals surface area (Å²) in [7, 11) is 0. The van der Waals surface area contributed by atoms with Gasteiger partial charge in [-0.2, -0.15) is 0 Å². The van der Waals surface area contributed by atoms with Crippen molar-refractivity contribution in [3.05, 3.63) is 63.7 Å². The normalized spacial score (nSPS) is 11.2. The maximum absolute atomic E-state index is 12.9. The topological polar surface area (TPSA) is 39.2 Å². The van der Waals surface area contributed by atoms with Gasteiger partial charge in [0.15, 0.2) is 0 Å². The van der Waals surface area contributed by atoms with Crippen LogP contribution < -0.4 is 0 Å². The van der Waals surface area contributed by atoms with Crippen LogP contribution >= 0.6 is 11.6 Å². The summed E-state index contributed by atoms with van der Waals surface area (Å²) in [5, 5.41) is 1.50. The van der Waals surface area contributed by atoms with Gasteiger partial charge in [0.05, 0.1) is 22.9 Å². The van der Waals surface area contributed by atoms with E-state index in [9.17, 15) is 4.79 Å². The van der Waals surface area contributed by atoms with Crippen LogP contribution in [0.1, 0.15) is 40.9 Å². The lowest BCUT2D eigenvalue weighted by atomic mass is 9.95. The molecule has 0 aliphatic rings. The molecule has 0 fully saturated rings. The fourth-order valence-electron chi connectivity index (χ4n) is 3.24. The fraction of sp³-hybridized carbons (Fsp3) is 0.273. The quantitative estimate of drug-likeness (QED) is 0.529. The molecule has 1 heterocycles. The SMILES string of the molecule is Cc1cc(C)c2nc(-c3ccc(Cl)cc3)c(C)c(C(=O)OC(C)C)c2c1. The highest BCUT2D eigenvalue weighted by molar-refractivity contribution is 6.30. The maximum atomic E-state index is 12.9. The summed E-state index contributed by atoms with van der Waals surface area (Å²) in [6.45, 7) is 9.67. The second-order valence-electron chi connectivity index (χ2n) is 6.90. The minimum Gasteiger partial charge on any atom is -0.459 e. The van der Waals surface area contributed by atoms with E-state index < -0.39 is 0 Å². The number of pyridine rings is 1. The Morgan fingerprint density at radius 3 is 2.35 bits per heavy atom. The molecule has 0 saturated carbocycles. The summed E-state index contributed by atoms with van der Waals surface area (Å²) >= 11 is 6.02. The van der Waals surface area contributed by atoms with Gasteiger partial charge in [-0.05, 0) is 63.9 Å². The number of nitrogens with zero attached hydrogens (tertiary/aromatic N) is 1. The zero-order valence-electron chi connectivity index (χ0n) is 15.7. The molecule has 0 unspecified atom stereocenters. The van der Waals surface area contributed by atoms with E-state index in [0.29, 0.717) is 10.6 Å². The average Bonchev–Trinajstić information content (AvgIpc) is 2.54. The predicted molar refractivity (Wildman–Crippen MR) is 107 cm³/mol. The van der Waals surface area contributed by atoms with Gasteiger partial charge in [-0.3, -0.25) is 0 Å². The van der Waals surface area contributed by atoms with Crippen molar-refractivity contribution < 1.29 is 9.53 Å².